The molecule has 0 aromatic carbocycles. The number of nitrogens with two attached hydrogens (primary N) is 1. The lowest BCUT2D eigenvalue weighted by Gasteiger charge is -2.23. The van der Waals surface area contributed by atoms with Gasteiger partial charge in [-0.2, -0.15) is 0 Å². The van der Waals surface area contributed by atoms with Crippen LogP contribution < -0.4 is 5.73 Å². The highest BCUT2D eigenvalue weighted by Crippen LogP contribution is 2.24. The lowest BCUT2D eigenvalue weighted by atomic mass is 9.93. The molecule has 1 amide bonds. The molecule has 116 valence electrons. The van der Waals surface area contributed by atoms with Gasteiger partial charge in [0, 0.05) is 19.5 Å². The topological polar surface area (TPSA) is 83.6 Å². The van der Waals surface area contributed by atoms with E-state index in [4.69, 9.17) is 10.8 Å². The summed E-state index contributed by atoms with van der Waals surface area (Å²) in [5, 5.41) is 8.85. The Hall–Kier alpha value is -1.10. The van der Waals surface area contributed by atoms with Gasteiger partial charge in [-0.1, -0.05) is 38.5 Å². The Morgan fingerprint density at radius 3 is 2.10 bits per heavy atom. The van der Waals surface area contributed by atoms with Crippen LogP contribution in [0.1, 0.15) is 57.8 Å². The fraction of sp³-hybridized carbons (Fsp3) is 0.867. The Balaban J connectivity index is 2.48. The molecular formula is C15H28N2O3. The maximum Gasteiger partial charge on any atom is 0.323 e. The molecule has 20 heavy (non-hydrogen) atoms. The fourth-order valence-corrected chi connectivity index (χ4v) is 2.91. The van der Waals surface area contributed by atoms with E-state index in [-0.39, 0.29) is 12.5 Å². The van der Waals surface area contributed by atoms with E-state index in [2.05, 4.69) is 0 Å². The molecule has 0 unspecified atom stereocenters. The van der Waals surface area contributed by atoms with E-state index in [1.54, 1.807) is 0 Å². The molecule has 0 aromatic heterocycles. The van der Waals surface area contributed by atoms with Gasteiger partial charge >= 0.3 is 5.97 Å². The van der Waals surface area contributed by atoms with Crippen molar-refractivity contribution >= 4 is 11.9 Å². The Bertz CT molecular complexity index is 297. The first-order valence-electron chi connectivity index (χ1n) is 7.83. The summed E-state index contributed by atoms with van der Waals surface area (Å²) in [6.45, 7) is 0.407. The van der Waals surface area contributed by atoms with Gasteiger partial charge in [-0.25, -0.2) is 0 Å². The zero-order valence-corrected chi connectivity index (χ0v) is 12.4. The first kappa shape index (κ1) is 17.0. The third kappa shape index (κ3) is 6.89. The van der Waals surface area contributed by atoms with Crippen molar-refractivity contribution in [1.82, 2.24) is 4.90 Å². The minimum atomic E-state index is -0.971. The van der Waals surface area contributed by atoms with Crippen LogP contribution in [0.25, 0.3) is 0 Å². The van der Waals surface area contributed by atoms with E-state index in [0.717, 1.165) is 12.8 Å². The van der Waals surface area contributed by atoms with Crippen molar-refractivity contribution in [1.29, 1.82) is 0 Å². The van der Waals surface area contributed by atoms with E-state index in [1.165, 1.54) is 43.4 Å². The van der Waals surface area contributed by atoms with Crippen LogP contribution in [0.3, 0.4) is 0 Å². The Kier molecular flexibility index (Phi) is 8.26. The van der Waals surface area contributed by atoms with Gasteiger partial charge < -0.3 is 15.7 Å². The summed E-state index contributed by atoms with van der Waals surface area (Å²) in [6.07, 6.45) is 10.2. The van der Waals surface area contributed by atoms with Crippen molar-refractivity contribution in [2.45, 2.75) is 57.8 Å². The average molecular weight is 284 g/mol. The predicted octanol–water partition coefficient (Wildman–Crippen LogP) is 2.00. The summed E-state index contributed by atoms with van der Waals surface area (Å²) in [7, 11) is 0. The first-order valence-corrected chi connectivity index (χ1v) is 7.83. The zero-order chi connectivity index (χ0) is 14.8. The molecule has 0 heterocycles. The number of aliphatic carboxylic acids is 1. The number of hydrogen-bond donors (Lipinski definition) is 2. The van der Waals surface area contributed by atoms with Crippen LogP contribution in [0.15, 0.2) is 0 Å². The number of carbonyl (C=O) groups excluding carboxylic acids is 1. The molecule has 0 bridgehead atoms. The van der Waals surface area contributed by atoms with Crippen LogP contribution in [0.4, 0.5) is 0 Å². The number of carboxylic acids is 1. The molecule has 1 saturated carbocycles. The largest absolute Gasteiger partial charge is 0.480 e. The molecule has 1 fully saturated rings. The van der Waals surface area contributed by atoms with Gasteiger partial charge in [0.1, 0.15) is 6.54 Å². The summed E-state index contributed by atoms with van der Waals surface area (Å²) >= 11 is 0. The lowest BCUT2D eigenvalue weighted by Crippen LogP contribution is -2.39. The third-order valence-electron chi connectivity index (χ3n) is 4.02. The summed E-state index contributed by atoms with van der Waals surface area (Å²) in [5.74, 6) is -0.613. The molecule has 0 aliphatic heterocycles. The van der Waals surface area contributed by atoms with Crippen molar-refractivity contribution in [3.8, 4) is 0 Å². The van der Waals surface area contributed by atoms with Crippen LogP contribution in [0, 0.1) is 5.92 Å². The van der Waals surface area contributed by atoms with Crippen LogP contribution in [0.5, 0.6) is 0 Å². The molecule has 1 rings (SSSR count). The molecule has 0 spiro atoms. The monoisotopic (exact) mass is 284 g/mol. The van der Waals surface area contributed by atoms with Crippen molar-refractivity contribution in [3.63, 3.8) is 0 Å². The standard InChI is InChI=1S/C15H28N2O3/c16-9-10-17(12-15(19)20)14(18)11-13-7-5-3-1-2-4-6-8-13/h13H,1-12,16H2,(H,19,20). The summed E-state index contributed by atoms with van der Waals surface area (Å²) in [4.78, 5) is 24.4. The van der Waals surface area contributed by atoms with Crippen molar-refractivity contribution in [3.05, 3.63) is 0 Å². The van der Waals surface area contributed by atoms with E-state index < -0.39 is 5.97 Å². The predicted molar refractivity (Wildman–Crippen MR) is 78.3 cm³/mol. The number of carbonyl (C=O) groups is 2. The maximum atomic E-state index is 12.2. The maximum absolute atomic E-state index is 12.2. The van der Waals surface area contributed by atoms with E-state index in [0.29, 0.717) is 25.4 Å². The Morgan fingerprint density at radius 1 is 1.05 bits per heavy atom. The normalized spacial score (nSPS) is 17.9. The smallest absolute Gasteiger partial charge is 0.323 e. The first-order chi connectivity index (χ1) is 9.63. The molecule has 1 aliphatic carbocycles. The fourth-order valence-electron chi connectivity index (χ4n) is 2.91. The molecule has 0 aromatic rings. The minimum Gasteiger partial charge on any atom is -0.480 e. The van der Waals surface area contributed by atoms with Crippen LogP contribution in [-0.2, 0) is 9.59 Å². The second-order valence-corrected chi connectivity index (χ2v) is 5.77. The number of hydrogen-bond acceptors (Lipinski definition) is 3. The molecule has 0 atom stereocenters. The highest BCUT2D eigenvalue weighted by atomic mass is 16.4. The lowest BCUT2D eigenvalue weighted by molar-refractivity contribution is -0.144. The molecule has 5 nitrogen and oxygen atoms in total. The number of nitrogens with zero attached hydrogens (tertiary/aromatic N) is 1. The second kappa shape index (κ2) is 9.75. The number of amides is 1. The third-order valence-corrected chi connectivity index (χ3v) is 4.02. The molecule has 0 saturated heterocycles. The van der Waals surface area contributed by atoms with Gasteiger partial charge in [0.15, 0.2) is 0 Å². The average Bonchev–Trinajstić information content (AvgIpc) is 2.52. The van der Waals surface area contributed by atoms with E-state index in [1.807, 2.05) is 0 Å². The van der Waals surface area contributed by atoms with Crippen LogP contribution in [0.2, 0.25) is 0 Å². The van der Waals surface area contributed by atoms with Gasteiger partial charge in [0.05, 0.1) is 0 Å². The molecule has 5 heteroatoms. The van der Waals surface area contributed by atoms with Crippen LogP contribution >= 0.6 is 0 Å². The number of carboxylic acid groups (broad SMARTS) is 1. The highest BCUT2D eigenvalue weighted by molar-refractivity contribution is 5.81. The van der Waals surface area contributed by atoms with E-state index in [9.17, 15) is 9.59 Å². The quantitative estimate of drug-likeness (QED) is 0.781. The van der Waals surface area contributed by atoms with E-state index >= 15 is 0 Å². The van der Waals surface area contributed by atoms with Gasteiger partial charge in [0.25, 0.3) is 0 Å². The number of rotatable bonds is 6. The molecule has 0 radical (unpaired) electrons. The van der Waals surface area contributed by atoms with Gasteiger partial charge in [-0.3, -0.25) is 9.59 Å². The van der Waals surface area contributed by atoms with Crippen LogP contribution in [-0.4, -0.2) is 41.5 Å². The van der Waals surface area contributed by atoms with Gasteiger partial charge in [-0.05, 0) is 18.8 Å². The summed E-state index contributed by atoms with van der Waals surface area (Å²) in [5.41, 5.74) is 5.46. The molecular weight excluding hydrogens is 256 g/mol. The van der Waals surface area contributed by atoms with Crippen molar-refractivity contribution < 1.29 is 14.7 Å². The summed E-state index contributed by atoms with van der Waals surface area (Å²) in [6, 6.07) is 0. The zero-order valence-electron chi connectivity index (χ0n) is 12.4. The Labute approximate surface area is 121 Å². The SMILES string of the molecule is NCCN(CC(=O)O)C(=O)CC1CCCCCCCC1. The van der Waals surface area contributed by atoms with Gasteiger partial charge in [-0.15, -0.1) is 0 Å². The second-order valence-electron chi connectivity index (χ2n) is 5.77. The summed E-state index contributed by atoms with van der Waals surface area (Å²) < 4.78 is 0. The minimum absolute atomic E-state index is 0.0536. The van der Waals surface area contributed by atoms with Crippen molar-refractivity contribution in [2.24, 2.45) is 11.7 Å². The van der Waals surface area contributed by atoms with Crippen molar-refractivity contribution in [2.75, 3.05) is 19.6 Å². The molecule has 3 N–H and O–H groups in total. The molecule has 1 aliphatic rings. The van der Waals surface area contributed by atoms with Gasteiger partial charge in [0.2, 0.25) is 5.91 Å². The Morgan fingerprint density at radius 2 is 1.60 bits per heavy atom. The highest BCUT2D eigenvalue weighted by Gasteiger charge is 2.20.